The van der Waals surface area contributed by atoms with Crippen molar-refractivity contribution in [1.29, 1.82) is 0 Å². The quantitative estimate of drug-likeness (QED) is 0.557. The molecule has 1 rings (SSSR count). The highest BCUT2D eigenvalue weighted by atomic mass is 16.6. The molecule has 0 amide bonds. The molecule has 20 heavy (non-hydrogen) atoms. The Balaban J connectivity index is 3.13. The predicted molar refractivity (Wildman–Crippen MR) is 74.3 cm³/mol. The Morgan fingerprint density at radius 1 is 1.40 bits per heavy atom. The van der Waals surface area contributed by atoms with Crippen molar-refractivity contribution in [3.63, 3.8) is 0 Å². The average molecular weight is 282 g/mol. The standard InChI is InChI=1S/C13H18N2O5/c1-2-3-6-14(7-8-16)10-4-5-12(15(19)20)11(9-10)13(17)18/h4-5,9,16H,2-3,6-8H2,1H3,(H,17,18). The largest absolute Gasteiger partial charge is 0.477 e. The van der Waals surface area contributed by atoms with Crippen LogP contribution < -0.4 is 4.90 Å². The van der Waals surface area contributed by atoms with Gasteiger partial charge in [0.25, 0.3) is 5.69 Å². The molecule has 0 heterocycles. The number of carboxylic acid groups (broad SMARTS) is 1. The maximum absolute atomic E-state index is 11.1. The van der Waals surface area contributed by atoms with Gasteiger partial charge in [0.05, 0.1) is 11.5 Å². The molecule has 0 aliphatic carbocycles. The van der Waals surface area contributed by atoms with Crippen LogP contribution in [0.5, 0.6) is 0 Å². The summed E-state index contributed by atoms with van der Waals surface area (Å²) >= 11 is 0. The number of aliphatic hydroxyl groups excluding tert-OH is 1. The van der Waals surface area contributed by atoms with Crippen LogP contribution in [-0.2, 0) is 0 Å². The van der Waals surface area contributed by atoms with Crippen LogP contribution in [0, 0.1) is 10.1 Å². The van der Waals surface area contributed by atoms with Crippen LogP contribution in [0.1, 0.15) is 30.1 Å². The predicted octanol–water partition coefficient (Wildman–Crippen LogP) is 1.89. The first-order chi connectivity index (χ1) is 9.51. The summed E-state index contributed by atoms with van der Waals surface area (Å²) < 4.78 is 0. The number of carbonyl (C=O) groups is 1. The van der Waals surface area contributed by atoms with E-state index in [1.807, 2.05) is 11.8 Å². The fourth-order valence-corrected chi connectivity index (χ4v) is 1.89. The van der Waals surface area contributed by atoms with Crippen LogP contribution in [0.25, 0.3) is 0 Å². The number of nitro benzene ring substituents is 1. The smallest absolute Gasteiger partial charge is 0.342 e. The second kappa shape index (κ2) is 7.44. The number of rotatable bonds is 8. The second-order valence-electron chi connectivity index (χ2n) is 4.33. The van der Waals surface area contributed by atoms with E-state index in [0.29, 0.717) is 18.8 Å². The van der Waals surface area contributed by atoms with Gasteiger partial charge >= 0.3 is 5.97 Å². The van der Waals surface area contributed by atoms with Gasteiger partial charge in [-0.1, -0.05) is 13.3 Å². The fraction of sp³-hybridized carbons (Fsp3) is 0.462. The van der Waals surface area contributed by atoms with E-state index in [0.717, 1.165) is 12.8 Å². The van der Waals surface area contributed by atoms with E-state index < -0.39 is 16.6 Å². The molecule has 0 radical (unpaired) electrons. The van der Waals surface area contributed by atoms with E-state index in [9.17, 15) is 14.9 Å². The molecule has 0 aliphatic heterocycles. The Bertz CT molecular complexity index is 490. The summed E-state index contributed by atoms with van der Waals surface area (Å²) in [5.74, 6) is -1.34. The zero-order valence-electron chi connectivity index (χ0n) is 11.3. The van der Waals surface area contributed by atoms with Crippen LogP contribution in [0.3, 0.4) is 0 Å². The minimum atomic E-state index is -1.34. The number of hydrogen-bond donors (Lipinski definition) is 2. The number of hydrogen-bond acceptors (Lipinski definition) is 5. The molecule has 2 N–H and O–H groups in total. The minimum absolute atomic E-state index is 0.0664. The zero-order valence-corrected chi connectivity index (χ0v) is 11.3. The Morgan fingerprint density at radius 2 is 2.10 bits per heavy atom. The van der Waals surface area contributed by atoms with Crippen LogP contribution in [0.15, 0.2) is 18.2 Å². The van der Waals surface area contributed by atoms with Gasteiger partial charge in [0.2, 0.25) is 0 Å². The number of unbranched alkanes of at least 4 members (excludes halogenated alkanes) is 1. The molecule has 0 unspecified atom stereocenters. The van der Waals surface area contributed by atoms with E-state index >= 15 is 0 Å². The molecule has 110 valence electrons. The molecule has 1 aromatic carbocycles. The number of anilines is 1. The van der Waals surface area contributed by atoms with Crippen LogP contribution in [0.2, 0.25) is 0 Å². The normalized spacial score (nSPS) is 10.3. The van der Waals surface area contributed by atoms with Gasteiger partial charge < -0.3 is 15.1 Å². The first kappa shape index (κ1) is 15.9. The molecule has 0 bridgehead atoms. The number of aromatic carboxylic acids is 1. The maximum Gasteiger partial charge on any atom is 0.342 e. The summed E-state index contributed by atoms with van der Waals surface area (Å²) in [5.41, 5.74) is -0.205. The summed E-state index contributed by atoms with van der Waals surface area (Å²) in [6.07, 6.45) is 1.85. The summed E-state index contributed by atoms with van der Waals surface area (Å²) in [4.78, 5) is 23.0. The summed E-state index contributed by atoms with van der Waals surface area (Å²) in [6.45, 7) is 2.98. The first-order valence-electron chi connectivity index (χ1n) is 6.38. The van der Waals surface area contributed by atoms with Gasteiger partial charge in [-0.2, -0.15) is 0 Å². The summed E-state index contributed by atoms with van der Waals surface area (Å²) in [5, 5.41) is 28.9. The number of benzene rings is 1. The molecule has 0 saturated heterocycles. The Labute approximate surface area is 116 Å². The third-order valence-corrected chi connectivity index (χ3v) is 2.92. The van der Waals surface area contributed by atoms with Crippen molar-refractivity contribution in [2.45, 2.75) is 19.8 Å². The molecule has 0 spiro atoms. The van der Waals surface area contributed by atoms with Crippen LogP contribution in [0.4, 0.5) is 11.4 Å². The van der Waals surface area contributed by atoms with Crippen molar-refractivity contribution >= 4 is 17.3 Å². The Hall–Kier alpha value is -2.15. The number of nitro groups is 1. The average Bonchev–Trinajstić information content (AvgIpc) is 2.42. The lowest BCUT2D eigenvalue weighted by Gasteiger charge is -2.24. The first-order valence-corrected chi connectivity index (χ1v) is 6.38. The van der Waals surface area contributed by atoms with Gasteiger partial charge in [-0.05, 0) is 18.6 Å². The van der Waals surface area contributed by atoms with Gasteiger partial charge in [0.1, 0.15) is 5.56 Å². The third-order valence-electron chi connectivity index (χ3n) is 2.92. The Morgan fingerprint density at radius 3 is 2.60 bits per heavy atom. The van der Waals surface area contributed by atoms with Crippen molar-refractivity contribution in [2.24, 2.45) is 0 Å². The van der Waals surface area contributed by atoms with E-state index in [-0.39, 0.29) is 12.2 Å². The monoisotopic (exact) mass is 282 g/mol. The van der Waals surface area contributed by atoms with Crippen molar-refractivity contribution in [3.8, 4) is 0 Å². The van der Waals surface area contributed by atoms with Gasteiger partial charge in [-0.3, -0.25) is 10.1 Å². The van der Waals surface area contributed by atoms with Crippen LogP contribution >= 0.6 is 0 Å². The van der Waals surface area contributed by atoms with Crippen molar-refractivity contribution in [1.82, 2.24) is 0 Å². The molecule has 0 aromatic heterocycles. The van der Waals surface area contributed by atoms with Gasteiger partial charge in [0.15, 0.2) is 0 Å². The van der Waals surface area contributed by atoms with E-state index in [1.165, 1.54) is 18.2 Å². The van der Waals surface area contributed by atoms with Crippen molar-refractivity contribution < 1.29 is 19.9 Å². The van der Waals surface area contributed by atoms with Crippen LogP contribution in [-0.4, -0.2) is 40.8 Å². The lowest BCUT2D eigenvalue weighted by molar-refractivity contribution is -0.385. The fourth-order valence-electron chi connectivity index (χ4n) is 1.89. The highest BCUT2D eigenvalue weighted by Gasteiger charge is 2.21. The molecule has 0 saturated carbocycles. The zero-order chi connectivity index (χ0) is 15.1. The topological polar surface area (TPSA) is 104 Å². The SMILES string of the molecule is CCCCN(CCO)c1ccc([N+](=O)[O-])c(C(=O)O)c1. The maximum atomic E-state index is 11.1. The highest BCUT2D eigenvalue weighted by Crippen LogP contribution is 2.25. The van der Waals surface area contributed by atoms with Crippen molar-refractivity contribution in [3.05, 3.63) is 33.9 Å². The molecule has 1 aromatic rings. The molecule has 7 nitrogen and oxygen atoms in total. The molecule has 0 fully saturated rings. The molecule has 0 aliphatic rings. The van der Waals surface area contributed by atoms with Crippen molar-refractivity contribution in [2.75, 3.05) is 24.6 Å². The molecular weight excluding hydrogens is 264 g/mol. The lowest BCUT2D eigenvalue weighted by Crippen LogP contribution is -2.28. The van der Waals surface area contributed by atoms with E-state index in [1.54, 1.807) is 0 Å². The lowest BCUT2D eigenvalue weighted by atomic mass is 10.1. The molecular formula is C13H18N2O5. The molecule has 7 heteroatoms. The third kappa shape index (κ3) is 3.92. The van der Waals surface area contributed by atoms with E-state index in [4.69, 9.17) is 10.2 Å². The number of nitrogens with zero attached hydrogens (tertiary/aromatic N) is 2. The summed E-state index contributed by atoms with van der Waals surface area (Å²) in [6, 6.07) is 3.98. The van der Waals surface area contributed by atoms with Gasteiger partial charge in [-0.15, -0.1) is 0 Å². The number of carboxylic acids is 1. The minimum Gasteiger partial charge on any atom is -0.477 e. The second-order valence-corrected chi connectivity index (χ2v) is 4.33. The Kier molecular flexibility index (Phi) is 5.92. The van der Waals surface area contributed by atoms with Gasteiger partial charge in [-0.25, -0.2) is 4.79 Å². The highest BCUT2D eigenvalue weighted by molar-refractivity contribution is 5.93. The molecule has 0 atom stereocenters. The number of aliphatic hydroxyl groups is 1. The van der Waals surface area contributed by atoms with E-state index in [2.05, 4.69) is 0 Å². The summed E-state index contributed by atoms with van der Waals surface area (Å²) in [7, 11) is 0. The van der Waals surface area contributed by atoms with Gasteiger partial charge in [0, 0.05) is 24.8 Å².